The van der Waals surface area contributed by atoms with Crippen LogP contribution >= 0.6 is 0 Å². The van der Waals surface area contributed by atoms with Crippen molar-refractivity contribution in [2.24, 2.45) is 5.73 Å². The highest BCUT2D eigenvalue weighted by Gasteiger charge is 2.23. The molecular formula is C11H13NO3S. The Kier molecular flexibility index (Phi) is 2.98. The van der Waals surface area contributed by atoms with E-state index >= 15 is 0 Å². The maximum atomic E-state index is 11.6. The molecule has 0 aliphatic carbocycles. The molecule has 4 nitrogen and oxygen atoms in total. The van der Waals surface area contributed by atoms with E-state index in [1.807, 2.05) is 0 Å². The number of benzene rings is 1. The van der Waals surface area contributed by atoms with Gasteiger partial charge in [0, 0.05) is 11.0 Å². The first-order chi connectivity index (χ1) is 7.65. The Balaban J connectivity index is 2.30. The van der Waals surface area contributed by atoms with Gasteiger partial charge in [-0.3, -0.25) is 0 Å². The third kappa shape index (κ3) is 1.96. The van der Waals surface area contributed by atoms with Gasteiger partial charge in [-0.2, -0.15) is 0 Å². The molecule has 0 saturated heterocycles. The van der Waals surface area contributed by atoms with E-state index in [-0.39, 0.29) is 0 Å². The Hall–Kier alpha value is -1.33. The molecule has 16 heavy (non-hydrogen) atoms. The SMILES string of the molecule is NCCCOc1cccc2c1C=CS2(=O)=O. The second kappa shape index (κ2) is 4.27. The summed E-state index contributed by atoms with van der Waals surface area (Å²) in [4.78, 5) is 0.317. The van der Waals surface area contributed by atoms with Gasteiger partial charge in [0.05, 0.1) is 11.5 Å². The monoisotopic (exact) mass is 239 g/mol. The average molecular weight is 239 g/mol. The predicted octanol–water partition coefficient (Wildman–Crippen LogP) is 1.17. The summed E-state index contributed by atoms with van der Waals surface area (Å²) in [5.41, 5.74) is 6.00. The number of sulfone groups is 1. The molecule has 0 bridgehead atoms. The lowest BCUT2D eigenvalue weighted by Crippen LogP contribution is -2.07. The number of hydrogen-bond donors (Lipinski definition) is 1. The van der Waals surface area contributed by atoms with Crippen LogP contribution in [0.3, 0.4) is 0 Å². The molecular weight excluding hydrogens is 226 g/mol. The summed E-state index contributed by atoms with van der Waals surface area (Å²) < 4.78 is 28.6. The minimum absolute atomic E-state index is 0.317. The topological polar surface area (TPSA) is 69.4 Å². The summed E-state index contributed by atoms with van der Waals surface area (Å²) in [7, 11) is -3.24. The summed E-state index contributed by atoms with van der Waals surface area (Å²) in [5.74, 6) is 0.600. The Labute approximate surface area is 94.6 Å². The molecule has 0 saturated carbocycles. The van der Waals surface area contributed by atoms with Gasteiger partial charge in [0.1, 0.15) is 5.75 Å². The molecule has 0 radical (unpaired) electrons. The van der Waals surface area contributed by atoms with Gasteiger partial charge in [-0.05, 0) is 31.2 Å². The van der Waals surface area contributed by atoms with Crippen molar-refractivity contribution in [3.05, 3.63) is 29.2 Å². The van der Waals surface area contributed by atoms with E-state index in [9.17, 15) is 8.42 Å². The molecule has 5 heteroatoms. The Bertz CT molecular complexity index is 520. The third-order valence-electron chi connectivity index (χ3n) is 2.35. The van der Waals surface area contributed by atoms with E-state index in [2.05, 4.69) is 0 Å². The average Bonchev–Trinajstić information content (AvgIpc) is 2.57. The Morgan fingerprint density at radius 1 is 1.31 bits per heavy atom. The highest BCUT2D eigenvalue weighted by Crippen LogP contribution is 2.33. The van der Waals surface area contributed by atoms with Crippen LogP contribution in [0.5, 0.6) is 5.75 Å². The fourth-order valence-electron chi connectivity index (χ4n) is 1.56. The van der Waals surface area contributed by atoms with Crippen molar-refractivity contribution in [1.29, 1.82) is 0 Å². The zero-order chi connectivity index (χ0) is 11.6. The van der Waals surface area contributed by atoms with Crippen molar-refractivity contribution >= 4 is 15.9 Å². The zero-order valence-electron chi connectivity index (χ0n) is 8.72. The van der Waals surface area contributed by atoms with E-state index in [1.165, 1.54) is 5.41 Å². The Morgan fingerprint density at radius 2 is 2.12 bits per heavy atom. The summed E-state index contributed by atoms with van der Waals surface area (Å²) in [5, 5.41) is 1.20. The highest BCUT2D eigenvalue weighted by atomic mass is 32.2. The van der Waals surface area contributed by atoms with Gasteiger partial charge in [-0.1, -0.05) is 6.07 Å². The summed E-state index contributed by atoms with van der Waals surface area (Å²) >= 11 is 0. The van der Waals surface area contributed by atoms with Crippen molar-refractivity contribution in [2.75, 3.05) is 13.2 Å². The van der Waals surface area contributed by atoms with Gasteiger partial charge in [-0.15, -0.1) is 0 Å². The van der Waals surface area contributed by atoms with Crippen LogP contribution in [0.2, 0.25) is 0 Å². The van der Waals surface area contributed by atoms with Gasteiger partial charge in [-0.25, -0.2) is 8.42 Å². The van der Waals surface area contributed by atoms with Crippen molar-refractivity contribution < 1.29 is 13.2 Å². The minimum atomic E-state index is -3.24. The maximum Gasteiger partial charge on any atom is 0.200 e. The minimum Gasteiger partial charge on any atom is -0.493 e. The summed E-state index contributed by atoms with van der Waals surface area (Å²) in [6, 6.07) is 5.03. The predicted molar refractivity (Wildman–Crippen MR) is 61.8 cm³/mol. The van der Waals surface area contributed by atoms with Gasteiger partial charge >= 0.3 is 0 Å². The molecule has 1 aromatic rings. The molecule has 2 rings (SSSR count). The van der Waals surface area contributed by atoms with Crippen LogP contribution in [0.25, 0.3) is 6.08 Å². The lowest BCUT2D eigenvalue weighted by Gasteiger charge is -2.08. The lowest BCUT2D eigenvalue weighted by atomic mass is 10.2. The van der Waals surface area contributed by atoms with Crippen molar-refractivity contribution in [3.8, 4) is 5.75 Å². The van der Waals surface area contributed by atoms with E-state index in [0.29, 0.717) is 29.4 Å². The molecule has 2 N–H and O–H groups in total. The van der Waals surface area contributed by atoms with Crippen LogP contribution in [0.4, 0.5) is 0 Å². The second-order valence-corrected chi connectivity index (χ2v) is 5.31. The number of ether oxygens (including phenoxy) is 1. The van der Waals surface area contributed by atoms with Crippen LogP contribution in [-0.2, 0) is 9.84 Å². The molecule has 0 fully saturated rings. The largest absolute Gasteiger partial charge is 0.493 e. The molecule has 0 atom stereocenters. The van der Waals surface area contributed by atoms with E-state index in [0.717, 1.165) is 6.42 Å². The molecule has 1 aliphatic rings. The van der Waals surface area contributed by atoms with Gasteiger partial charge < -0.3 is 10.5 Å². The second-order valence-electron chi connectivity index (χ2n) is 3.51. The third-order valence-corrected chi connectivity index (χ3v) is 3.82. The molecule has 1 aliphatic heterocycles. The fourth-order valence-corrected chi connectivity index (χ4v) is 2.76. The number of rotatable bonds is 4. The standard InChI is InChI=1S/C11H13NO3S/c12-6-2-7-15-10-3-1-4-11-9(10)5-8-16(11,13)14/h1,3-5,8H,2,6-7,12H2. The number of hydrogen-bond acceptors (Lipinski definition) is 4. The van der Waals surface area contributed by atoms with Crippen molar-refractivity contribution in [2.45, 2.75) is 11.3 Å². The van der Waals surface area contributed by atoms with Gasteiger partial charge in [0.25, 0.3) is 0 Å². The normalized spacial score (nSPS) is 16.1. The fraction of sp³-hybridized carbons (Fsp3) is 0.273. The number of fused-ring (bicyclic) bond motifs is 1. The van der Waals surface area contributed by atoms with Crippen molar-refractivity contribution in [3.63, 3.8) is 0 Å². The van der Waals surface area contributed by atoms with E-state index in [4.69, 9.17) is 10.5 Å². The molecule has 1 heterocycles. The molecule has 0 unspecified atom stereocenters. The van der Waals surface area contributed by atoms with Crippen LogP contribution in [0, 0.1) is 0 Å². The first-order valence-corrected chi connectivity index (χ1v) is 6.59. The molecule has 0 amide bonds. The highest BCUT2D eigenvalue weighted by molar-refractivity contribution is 7.94. The first kappa shape index (κ1) is 11.2. The van der Waals surface area contributed by atoms with Crippen LogP contribution in [0.15, 0.2) is 28.5 Å². The molecule has 86 valence electrons. The molecule has 1 aromatic carbocycles. The van der Waals surface area contributed by atoms with Crippen LogP contribution in [-0.4, -0.2) is 21.6 Å². The smallest absolute Gasteiger partial charge is 0.200 e. The molecule has 0 aromatic heterocycles. The lowest BCUT2D eigenvalue weighted by molar-refractivity contribution is 0.312. The van der Waals surface area contributed by atoms with E-state index in [1.54, 1.807) is 24.3 Å². The maximum absolute atomic E-state index is 11.6. The first-order valence-electron chi connectivity index (χ1n) is 5.04. The quantitative estimate of drug-likeness (QED) is 0.801. The van der Waals surface area contributed by atoms with Crippen LogP contribution < -0.4 is 10.5 Å². The molecule has 0 spiro atoms. The van der Waals surface area contributed by atoms with Crippen LogP contribution in [0.1, 0.15) is 12.0 Å². The van der Waals surface area contributed by atoms with E-state index < -0.39 is 9.84 Å². The summed E-state index contributed by atoms with van der Waals surface area (Å²) in [6.45, 7) is 1.06. The number of nitrogens with two attached hydrogens (primary N) is 1. The Morgan fingerprint density at radius 3 is 2.88 bits per heavy atom. The zero-order valence-corrected chi connectivity index (χ0v) is 9.53. The van der Waals surface area contributed by atoms with Gasteiger partial charge in [0.2, 0.25) is 9.84 Å². The van der Waals surface area contributed by atoms with Crippen molar-refractivity contribution in [1.82, 2.24) is 0 Å². The van der Waals surface area contributed by atoms with Gasteiger partial charge in [0.15, 0.2) is 0 Å². The summed E-state index contributed by atoms with van der Waals surface area (Å²) in [6.07, 6.45) is 2.32.